The van der Waals surface area contributed by atoms with E-state index in [0.29, 0.717) is 12.0 Å². The highest BCUT2D eigenvalue weighted by atomic mass is 32.2. The van der Waals surface area contributed by atoms with E-state index in [0.717, 1.165) is 29.1 Å². The van der Waals surface area contributed by atoms with E-state index in [1.54, 1.807) is 18.0 Å². The number of aromatic nitrogens is 4. The standard InChI is InChI=1S/C11H18N6S/c1-4-12-11-15-9(14-7(2)6-18-3)8-5-13-17-10(8)16-11/h5,7H,4,6H2,1-3H3,(H3,12,13,14,15,16,17). The van der Waals surface area contributed by atoms with E-state index in [-0.39, 0.29) is 0 Å². The van der Waals surface area contributed by atoms with Gasteiger partial charge in [0.05, 0.1) is 11.6 Å². The first-order chi connectivity index (χ1) is 8.74. The monoisotopic (exact) mass is 266 g/mol. The topological polar surface area (TPSA) is 78.5 Å². The number of fused-ring (bicyclic) bond motifs is 1. The zero-order valence-corrected chi connectivity index (χ0v) is 11.6. The van der Waals surface area contributed by atoms with Gasteiger partial charge in [-0.15, -0.1) is 0 Å². The average Bonchev–Trinajstić information content (AvgIpc) is 2.78. The van der Waals surface area contributed by atoms with Crippen LogP contribution in [0.25, 0.3) is 11.0 Å². The lowest BCUT2D eigenvalue weighted by atomic mass is 10.3. The Kier molecular flexibility index (Phi) is 4.24. The van der Waals surface area contributed by atoms with Gasteiger partial charge in [-0.2, -0.15) is 26.8 Å². The fourth-order valence-corrected chi connectivity index (χ4v) is 2.29. The quantitative estimate of drug-likeness (QED) is 0.741. The number of hydrogen-bond acceptors (Lipinski definition) is 6. The third-order valence-corrected chi connectivity index (χ3v) is 3.28. The van der Waals surface area contributed by atoms with Crippen molar-refractivity contribution in [2.75, 3.05) is 29.2 Å². The molecular formula is C11H18N6S. The van der Waals surface area contributed by atoms with Crippen LogP contribution >= 0.6 is 11.8 Å². The van der Waals surface area contributed by atoms with Gasteiger partial charge in [0.15, 0.2) is 5.65 Å². The second-order valence-electron chi connectivity index (χ2n) is 4.06. The number of rotatable bonds is 6. The SMILES string of the molecule is CCNc1nc(NC(C)CSC)c2cn[nH]c2n1. The summed E-state index contributed by atoms with van der Waals surface area (Å²) in [5.41, 5.74) is 0.750. The summed E-state index contributed by atoms with van der Waals surface area (Å²) in [5.74, 6) is 2.47. The lowest BCUT2D eigenvalue weighted by Crippen LogP contribution is -2.19. The van der Waals surface area contributed by atoms with Crippen molar-refractivity contribution >= 4 is 34.6 Å². The van der Waals surface area contributed by atoms with Gasteiger partial charge in [-0.3, -0.25) is 5.10 Å². The molecule has 0 spiro atoms. The van der Waals surface area contributed by atoms with Crippen LogP contribution in [0.15, 0.2) is 6.20 Å². The fraction of sp³-hybridized carbons (Fsp3) is 0.545. The highest BCUT2D eigenvalue weighted by Crippen LogP contribution is 2.20. The number of aromatic amines is 1. The molecule has 6 nitrogen and oxygen atoms in total. The van der Waals surface area contributed by atoms with Crippen LogP contribution in [-0.2, 0) is 0 Å². The molecule has 0 aromatic carbocycles. The van der Waals surface area contributed by atoms with E-state index < -0.39 is 0 Å². The number of nitrogens with zero attached hydrogens (tertiary/aromatic N) is 3. The lowest BCUT2D eigenvalue weighted by Gasteiger charge is -2.14. The molecule has 0 saturated carbocycles. The van der Waals surface area contributed by atoms with Gasteiger partial charge in [-0.05, 0) is 20.1 Å². The highest BCUT2D eigenvalue weighted by Gasteiger charge is 2.11. The molecule has 2 heterocycles. The molecule has 0 amide bonds. The molecule has 7 heteroatoms. The van der Waals surface area contributed by atoms with Crippen LogP contribution < -0.4 is 10.6 Å². The van der Waals surface area contributed by atoms with Crippen molar-refractivity contribution in [3.8, 4) is 0 Å². The largest absolute Gasteiger partial charge is 0.366 e. The van der Waals surface area contributed by atoms with Crippen molar-refractivity contribution in [1.82, 2.24) is 20.2 Å². The summed E-state index contributed by atoms with van der Waals surface area (Å²) in [6, 6.07) is 0.350. The molecule has 98 valence electrons. The van der Waals surface area contributed by atoms with E-state index in [1.165, 1.54) is 0 Å². The number of thioether (sulfide) groups is 1. The molecule has 1 atom stereocenters. The van der Waals surface area contributed by atoms with Crippen molar-refractivity contribution in [3.63, 3.8) is 0 Å². The van der Waals surface area contributed by atoms with Crippen molar-refractivity contribution in [2.45, 2.75) is 19.9 Å². The van der Waals surface area contributed by atoms with E-state index in [9.17, 15) is 0 Å². The predicted molar refractivity (Wildman–Crippen MR) is 77.3 cm³/mol. The average molecular weight is 266 g/mol. The van der Waals surface area contributed by atoms with Gasteiger partial charge >= 0.3 is 0 Å². The first-order valence-electron chi connectivity index (χ1n) is 5.95. The summed E-state index contributed by atoms with van der Waals surface area (Å²) in [6.07, 6.45) is 3.84. The van der Waals surface area contributed by atoms with Crippen LogP contribution in [0.4, 0.5) is 11.8 Å². The highest BCUT2D eigenvalue weighted by molar-refractivity contribution is 7.98. The molecule has 0 fully saturated rings. The number of hydrogen-bond donors (Lipinski definition) is 3. The van der Waals surface area contributed by atoms with Crippen LogP contribution in [0.5, 0.6) is 0 Å². The minimum Gasteiger partial charge on any atom is -0.366 e. The molecular weight excluding hydrogens is 248 g/mol. The Balaban J connectivity index is 2.31. The summed E-state index contributed by atoms with van der Waals surface area (Å²) in [5, 5.41) is 14.3. The van der Waals surface area contributed by atoms with E-state index in [1.807, 2.05) is 6.92 Å². The summed E-state index contributed by atoms with van der Waals surface area (Å²) in [7, 11) is 0. The minimum atomic E-state index is 0.350. The fourth-order valence-electron chi connectivity index (χ4n) is 1.71. The number of nitrogens with one attached hydrogen (secondary N) is 3. The first kappa shape index (κ1) is 12.9. The third kappa shape index (κ3) is 2.84. The molecule has 3 N–H and O–H groups in total. The van der Waals surface area contributed by atoms with Gasteiger partial charge in [0.1, 0.15) is 5.82 Å². The Bertz CT molecular complexity index is 511. The Morgan fingerprint density at radius 3 is 3.00 bits per heavy atom. The Hall–Kier alpha value is -1.50. The van der Waals surface area contributed by atoms with Crippen LogP contribution in [0.1, 0.15) is 13.8 Å². The summed E-state index contributed by atoms with van der Waals surface area (Å²) >= 11 is 1.81. The van der Waals surface area contributed by atoms with E-state index in [4.69, 9.17) is 0 Å². The normalized spacial score (nSPS) is 12.6. The summed E-state index contributed by atoms with van der Waals surface area (Å²) in [6.45, 7) is 4.95. The van der Waals surface area contributed by atoms with E-state index in [2.05, 4.69) is 44.0 Å². The van der Waals surface area contributed by atoms with Crippen molar-refractivity contribution in [1.29, 1.82) is 0 Å². The van der Waals surface area contributed by atoms with E-state index >= 15 is 0 Å². The molecule has 1 unspecified atom stereocenters. The number of H-pyrrole nitrogens is 1. The molecule has 2 aromatic rings. The summed E-state index contributed by atoms with van der Waals surface area (Å²) in [4.78, 5) is 8.84. The van der Waals surface area contributed by atoms with Gasteiger partial charge in [0.2, 0.25) is 5.95 Å². The van der Waals surface area contributed by atoms with Crippen molar-refractivity contribution < 1.29 is 0 Å². The maximum Gasteiger partial charge on any atom is 0.226 e. The second-order valence-corrected chi connectivity index (χ2v) is 4.97. The molecule has 0 saturated heterocycles. The lowest BCUT2D eigenvalue weighted by molar-refractivity contribution is 0.904. The molecule has 0 aliphatic carbocycles. The van der Waals surface area contributed by atoms with Crippen LogP contribution in [0, 0.1) is 0 Å². The van der Waals surface area contributed by atoms with Crippen molar-refractivity contribution in [2.24, 2.45) is 0 Å². The zero-order chi connectivity index (χ0) is 13.0. The smallest absolute Gasteiger partial charge is 0.226 e. The maximum absolute atomic E-state index is 4.48. The Labute approximate surface area is 110 Å². The molecule has 18 heavy (non-hydrogen) atoms. The minimum absolute atomic E-state index is 0.350. The van der Waals surface area contributed by atoms with Gasteiger partial charge in [-0.25, -0.2) is 0 Å². The molecule has 0 aliphatic rings. The zero-order valence-electron chi connectivity index (χ0n) is 10.8. The molecule has 0 aliphatic heterocycles. The third-order valence-electron chi connectivity index (χ3n) is 2.44. The van der Waals surface area contributed by atoms with Crippen LogP contribution in [0.3, 0.4) is 0 Å². The molecule has 2 rings (SSSR count). The van der Waals surface area contributed by atoms with Gasteiger partial charge < -0.3 is 10.6 Å². The maximum atomic E-state index is 4.48. The molecule has 0 bridgehead atoms. The Morgan fingerprint density at radius 2 is 2.28 bits per heavy atom. The van der Waals surface area contributed by atoms with Gasteiger partial charge in [0.25, 0.3) is 0 Å². The van der Waals surface area contributed by atoms with Gasteiger partial charge in [0, 0.05) is 18.3 Å². The molecule has 2 aromatic heterocycles. The number of anilines is 2. The summed E-state index contributed by atoms with van der Waals surface area (Å²) < 4.78 is 0. The van der Waals surface area contributed by atoms with Crippen LogP contribution in [0.2, 0.25) is 0 Å². The van der Waals surface area contributed by atoms with Crippen molar-refractivity contribution in [3.05, 3.63) is 6.20 Å². The van der Waals surface area contributed by atoms with Gasteiger partial charge in [-0.1, -0.05) is 0 Å². The first-order valence-corrected chi connectivity index (χ1v) is 7.34. The Morgan fingerprint density at radius 1 is 1.44 bits per heavy atom. The van der Waals surface area contributed by atoms with Crippen LogP contribution in [-0.4, -0.2) is 44.8 Å². The molecule has 0 radical (unpaired) electrons. The predicted octanol–water partition coefficient (Wildman–Crippen LogP) is 1.95. The second kappa shape index (κ2) is 5.90.